The molecule has 0 saturated carbocycles. The van der Waals surface area contributed by atoms with E-state index in [0.29, 0.717) is 6.42 Å². The van der Waals surface area contributed by atoms with Crippen LogP contribution in [0.2, 0.25) is 0 Å². The topological polar surface area (TPSA) is 121 Å². The van der Waals surface area contributed by atoms with Gasteiger partial charge in [-0.1, -0.05) is 13.8 Å². The molecule has 0 radical (unpaired) electrons. The highest BCUT2D eigenvalue weighted by Crippen LogP contribution is 2.40. The van der Waals surface area contributed by atoms with Crippen molar-refractivity contribution in [2.45, 2.75) is 128 Å². The van der Waals surface area contributed by atoms with E-state index in [4.69, 9.17) is 23.7 Å². The monoisotopic (exact) mass is 601 g/mol. The van der Waals surface area contributed by atoms with Crippen LogP contribution in [0.1, 0.15) is 74.7 Å². The molecular formula is C31H52FNO9. The van der Waals surface area contributed by atoms with E-state index in [1.807, 2.05) is 25.9 Å². The zero-order valence-electron chi connectivity index (χ0n) is 27.4. The van der Waals surface area contributed by atoms with Gasteiger partial charge in [0.15, 0.2) is 23.5 Å². The normalized spacial score (nSPS) is 44.4. The molecule has 10 nitrogen and oxygen atoms in total. The van der Waals surface area contributed by atoms with Crippen LogP contribution in [0.15, 0.2) is 11.6 Å². The zero-order valence-corrected chi connectivity index (χ0v) is 27.4. The van der Waals surface area contributed by atoms with E-state index in [-0.39, 0.29) is 24.1 Å². The van der Waals surface area contributed by atoms with Gasteiger partial charge in [0.25, 0.3) is 0 Å². The molecule has 2 aliphatic heterocycles. The summed E-state index contributed by atoms with van der Waals surface area (Å²) >= 11 is 0. The van der Waals surface area contributed by atoms with Crippen molar-refractivity contribution in [1.82, 2.24) is 4.90 Å². The van der Waals surface area contributed by atoms with Crippen LogP contribution in [-0.4, -0.2) is 109 Å². The molecule has 0 spiro atoms. The second kappa shape index (κ2) is 13.9. The first kappa shape index (κ1) is 36.4. The molecule has 0 aromatic heterocycles. The van der Waals surface area contributed by atoms with Gasteiger partial charge in [-0.25, -0.2) is 4.39 Å². The number of allylic oxidation sites excluding steroid dienone is 1. The van der Waals surface area contributed by atoms with E-state index in [9.17, 15) is 19.5 Å². The number of methoxy groups -OCH3 is 2. The van der Waals surface area contributed by atoms with Crippen molar-refractivity contribution < 1.29 is 47.6 Å². The first-order chi connectivity index (χ1) is 19.3. The Labute approximate surface area is 250 Å². The molecule has 0 aliphatic carbocycles. The summed E-state index contributed by atoms with van der Waals surface area (Å²) < 4.78 is 46.4. The van der Waals surface area contributed by atoms with Crippen molar-refractivity contribution in [3.05, 3.63) is 11.6 Å². The van der Waals surface area contributed by atoms with Gasteiger partial charge in [0, 0.05) is 32.6 Å². The van der Waals surface area contributed by atoms with Crippen LogP contribution >= 0.6 is 0 Å². The minimum absolute atomic E-state index is 0.0395. The maximum absolute atomic E-state index is 16.4. The molecule has 242 valence electrons. The molecule has 2 rings (SSSR count). The van der Waals surface area contributed by atoms with Crippen molar-refractivity contribution >= 4 is 17.5 Å². The first-order valence-electron chi connectivity index (χ1n) is 14.7. The van der Waals surface area contributed by atoms with Crippen LogP contribution in [0, 0.1) is 11.8 Å². The quantitative estimate of drug-likeness (QED) is 0.358. The van der Waals surface area contributed by atoms with Gasteiger partial charge >= 0.3 is 5.97 Å². The molecule has 0 amide bonds. The van der Waals surface area contributed by atoms with E-state index < -0.39 is 77.3 Å². The van der Waals surface area contributed by atoms with Crippen molar-refractivity contribution in [2.24, 2.45) is 11.8 Å². The Morgan fingerprint density at radius 1 is 1.12 bits per heavy atom. The van der Waals surface area contributed by atoms with Crippen molar-refractivity contribution in [2.75, 3.05) is 28.3 Å². The van der Waals surface area contributed by atoms with Crippen LogP contribution < -0.4 is 0 Å². The molecule has 1 N–H and O–H groups in total. The molecule has 2 heterocycles. The van der Waals surface area contributed by atoms with Gasteiger partial charge in [-0.15, -0.1) is 0 Å². The Morgan fingerprint density at radius 2 is 1.71 bits per heavy atom. The number of ketones is 2. The molecule has 42 heavy (non-hydrogen) atoms. The van der Waals surface area contributed by atoms with Gasteiger partial charge in [-0.05, 0) is 80.1 Å². The number of esters is 1. The minimum atomic E-state index is -2.48. The predicted molar refractivity (Wildman–Crippen MR) is 155 cm³/mol. The second-order valence-corrected chi connectivity index (χ2v) is 12.9. The summed E-state index contributed by atoms with van der Waals surface area (Å²) in [7, 11) is 6.74. The lowest BCUT2D eigenvalue weighted by atomic mass is 9.76. The SMILES string of the molecule is CC[C@H]1OC(=O)[C@H](C)C(=O)[C@H](C)[C@@H](O[C@@H]2O[C@H](C)C[C@H](N(C)C)[C@H]2OC)[C@](C)(OC)C[C@](C)(F)C(=O)/C(C)=C/[C@]1(C)O. The number of cyclic esters (lactones) is 1. The number of halogens is 1. The average molecular weight is 602 g/mol. The third-order valence-electron chi connectivity index (χ3n) is 8.86. The Bertz CT molecular complexity index is 1010. The third-order valence-corrected chi connectivity index (χ3v) is 8.86. The van der Waals surface area contributed by atoms with Crippen molar-refractivity contribution in [3.63, 3.8) is 0 Å². The third kappa shape index (κ3) is 7.84. The highest BCUT2D eigenvalue weighted by Gasteiger charge is 2.53. The number of alkyl halides is 1. The van der Waals surface area contributed by atoms with Gasteiger partial charge in [0.05, 0.1) is 17.8 Å². The zero-order chi connectivity index (χ0) is 32.4. The molecule has 0 aromatic rings. The second-order valence-electron chi connectivity index (χ2n) is 12.9. The number of likely N-dealkylation sites (N-methyl/N-ethyl adjacent to an activating group) is 1. The molecule has 1 saturated heterocycles. The maximum Gasteiger partial charge on any atom is 0.316 e. The van der Waals surface area contributed by atoms with Crippen molar-refractivity contribution in [3.8, 4) is 0 Å². The minimum Gasteiger partial charge on any atom is -0.458 e. The van der Waals surface area contributed by atoms with Gasteiger partial charge in [0.1, 0.15) is 23.7 Å². The van der Waals surface area contributed by atoms with Gasteiger partial charge in [-0.3, -0.25) is 14.4 Å². The lowest BCUT2D eigenvalue weighted by Gasteiger charge is -2.48. The van der Waals surface area contributed by atoms with Gasteiger partial charge in [-0.2, -0.15) is 0 Å². The fourth-order valence-corrected chi connectivity index (χ4v) is 6.39. The summed E-state index contributed by atoms with van der Waals surface area (Å²) in [4.78, 5) is 42.5. The predicted octanol–water partition coefficient (Wildman–Crippen LogP) is 3.42. The summed E-state index contributed by atoms with van der Waals surface area (Å²) in [6.07, 6.45) is -2.42. The molecular weight excluding hydrogens is 549 g/mol. The Morgan fingerprint density at radius 3 is 2.21 bits per heavy atom. The summed E-state index contributed by atoms with van der Waals surface area (Å²) in [6, 6.07) is -0.0875. The highest BCUT2D eigenvalue weighted by atomic mass is 19.1. The van der Waals surface area contributed by atoms with Crippen LogP contribution in [-0.2, 0) is 38.1 Å². The summed E-state index contributed by atoms with van der Waals surface area (Å²) in [5.74, 6) is -4.49. The molecule has 1 fully saturated rings. The van der Waals surface area contributed by atoms with Crippen molar-refractivity contribution in [1.29, 1.82) is 0 Å². The molecule has 0 unspecified atom stereocenters. The number of hydrogen-bond acceptors (Lipinski definition) is 10. The Kier molecular flexibility index (Phi) is 12.1. The Hall–Kier alpha value is -1.76. The number of Topliss-reactive ketones (excluding diaryl/α,β-unsaturated/α-hetero) is 2. The van der Waals surface area contributed by atoms with Crippen LogP contribution in [0.4, 0.5) is 4.39 Å². The van der Waals surface area contributed by atoms with E-state index >= 15 is 4.39 Å². The summed E-state index contributed by atoms with van der Waals surface area (Å²) in [5.41, 5.74) is -5.86. The Balaban J connectivity index is 2.71. The summed E-state index contributed by atoms with van der Waals surface area (Å²) in [5, 5.41) is 11.1. The number of hydrogen-bond donors (Lipinski definition) is 1. The van der Waals surface area contributed by atoms with Crippen LogP contribution in [0.3, 0.4) is 0 Å². The fourth-order valence-electron chi connectivity index (χ4n) is 6.39. The number of nitrogens with zero attached hydrogens (tertiary/aromatic N) is 1. The number of carbonyl (C=O) groups excluding carboxylic acids is 3. The van der Waals surface area contributed by atoms with Crippen LogP contribution in [0.25, 0.3) is 0 Å². The van der Waals surface area contributed by atoms with Crippen LogP contribution in [0.5, 0.6) is 0 Å². The van der Waals surface area contributed by atoms with E-state index in [2.05, 4.69) is 0 Å². The standard InChI is InChI=1S/C31H52FNO9/c1-13-22-30(7,37)15-17(2)25(35)29(6,32)16-31(8,39-12)26(19(4)23(34)20(5)27(36)41-22)42-28-24(38-11)21(33(9)10)14-18(3)40-28/h15,18-22,24,26,28,37H,13-14,16H2,1-12H3/b17-15+/t18-,19+,20-,21+,22-,24-,26-,28+,29+,30+,31-/m1/s1. The van der Waals surface area contributed by atoms with E-state index in [0.717, 1.165) is 6.92 Å². The molecule has 11 heteroatoms. The number of aliphatic hydroxyl groups is 1. The largest absolute Gasteiger partial charge is 0.458 e. The lowest BCUT2D eigenvalue weighted by Crippen LogP contribution is -2.60. The first-order valence-corrected chi connectivity index (χ1v) is 14.7. The highest BCUT2D eigenvalue weighted by molar-refractivity contribution is 6.02. The maximum atomic E-state index is 16.4. The van der Waals surface area contributed by atoms with Gasteiger partial charge in [0.2, 0.25) is 0 Å². The van der Waals surface area contributed by atoms with Gasteiger partial charge < -0.3 is 33.7 Å². The molecule has 11 atom stereocenters. The molecule has 2 aliphatic rings. The summed E-state index contributed by atoms with van der Waals surface area (Å²) in [6.45, 7) is 12.1. The van der Waals surface area contributed by atoms with E-state index in [1.54, 1.807) is 20.8 Å². The number of ether oxygens (including phenoxy) is 5. The van der Waals surface area contributed by atoms with E-state index in [1.165, 1.54) is 41.1 Å². The number of carbonyl (C=O) groups is 3. The molecule has 0 aromatic carbocycles. The smallest absolute Gasteiger partial charge is 0.316 e. The average Bonchev–Trinajstić information content (AvgIpc) is 2.90. The lowest BCUT2D eigenvalue weighted by molar-refractivity contribution is -0.300. The fraction of sp³-hybridized carbons (Fsp3) is 0.839. The number of rotatable bonds is 6. The molecule has 0 bridgehead atoms.